The van der Waals surface area contributed by atoms with Crippen LogP contribution < -0.4 is 0 Å². The summed E-state index contributed by atoms with van der Waals surface area (Å²) in [6.07, 6.45) is 2.04. The number of Topliss-reactive ketones (excluding diaryl/α,β-unsaturated/α-hetero) is 1. The number of hydrogen-bond acceptors (Lipinski definition) is 9. The Morgan fingerprint density at radius 2 is 1.74 bits per heavy atom. The van der Waals surface area contributed by atoms with E-state index in [0.29, 0.717) is 41.8 Å². The van der Waals surface area contributed by atoms with Gasteiger partial charge in [-0.05, 0) is 80.0 Å². The van der Waals surface area contributed by atoms with Gasteiger partial charge in [-0.25, -0.2) is 0 Å². The largest absolute Gasteiger partial charge is 0.394 e. The molecule has 3 saturated heterocycles. The van der Waals surface area contributed by atoms with E-state index >= 15 is 0 Å². The van der Waals surface area contributed by atoms with Gasteiger partial charge < -0.3 is 39.4 Å². The molecular weight excluding hydrogens is 540 g/mol. The number of hydrogen-bond donors (Lipinski definition) is 4. The van der Waals surface area contributed by atoms with Gasteiger partial charge in [-0.2, -0.15) is 0 Å². The Morgan fingerprint density at radius 1 is 0.952 bits per heavy atom. The number of aliphatic hydroxyl groups is 4. The van der Waals surface area contributed by atoms with Gasteiger partial charge in [-0.15, -0.1) is 0 Å². The molecule has 7 aliphatic rings. The quantitative estimate of drug-likeness (QED) is 0.365. The van der Waals surface area contributed by atoms with E-state index in [-0.39, 0.29) is 34.9 Å². The second-order valence-electron chi connectivity index (χ2n) is 15.8. The Hall–Kier alpha value is -0.650. The van der Waals surface area contributed by atoms with E-state index in [0.717, 1.165) is 58.0 Å². The molecule has 7 rings (SSSR count). The van der Waals surface area contributed by atoms with Gasteiger partial charge >= 0.3 is 0 Å². The molecule has 3 aliphatic heterocycles. The molecule has 0 aromatic rings. The Balaban J connectivity index is 1.05. The van der Waals surface area contributed by atoms with E-state index in [1.54, 1.807) is 0 Å². The molecule has 42 heavy (non-hydrogen) atoms. The number of fused-ring (bicyclic) bond motifs is 7. The van der Waals surface area contributed by atoms with E-state index in [2.05, 4.69) is 27.7 Å². The number of ketones is 1. The lowest BCUT2D eigenvalue weighted by Crippen LogP contribution is -2.60. The lowest BCUT2D eigenvalue weighted by Gasteiger charge is -2.60. The summed E-state index contributed by atoms with van der Waals surface area (Å²) in [5.74, 6) is 2.52. The predicted molar refractivity (Wildman–Crippen MR) is 151 cm³/mol. The SMILES string of the molecule is C[C@@H]1CC[C@@]2(OC1)O[C@H]1C[C@H]3[C@@H]4CC[C@H]5C[C@@H](O[C@@H]6OC(CO)[C@H](O)C(O)C6O)CC[C@]5(C)[C@H]4CC(=O)[C@]3(C)[C@H]1[C@@H]2C. The van der Waals surface area contributed by atoms with Gasteiger partial charge in [0.2, 0.25) is 0 Å². The highest BCUT2D eigenvalue weighted by Gasteiger charge is 2.71. The van der Waals surface area contributed by atoms with Gasteiger partial charge in [0.15, 0.2) is 12.1 Å². The van der Waals surface area contributed by atoms with Crippen molar-refractivity contribution in [2.24, 2.45) is 52.3 Å². The van der Waals surface area contributed by atoms with Crippen molar-refractivity contribution in [3.8, 4) is 0 Å². The minimum atomic E-state index is -1.44. The van der Waals surface area contributed by atoms with E-state index < -0.39 is 43.1 Å². The van der Waals surface area contributed by atoms with Crippen molar-refractivity contribution >= 4 is 5.78 Å². The van der Waals surface area contributed by atoms with Crippen LogP contribution in [0.1, 0.15) is 85.5 Å². The Bertz CT molecular complexity index is 1040. The molecule has 3 unspecified atom stereocenters. The van der Waals surface area contributed by atoms with Crippen LogP contribution in [0.2, 0.25) is 0 Å². The maximum Gasteiger partial charge on any atom is 0.186 e. The van der Waals surface area contributed by atoms with Crippen LogP contribution in [0.5, 0.6) is 0 Å². The molecule has 4 saturated carbocycles. The molecule has 0 amide bonds. The van der Waals surface area contributed by atoms with Gasteiger partial charge in [0.05, 0.1) is 25.4 Å². The number of rotatable bonds is 3. The Kier molecular flexibility index (Phi) is 7.47. The van der Waals surface area contributed by atoms with Crippen molar-refractivity contribution in [3.63, 3.8) is 0 Å². The molecule has 1 spiro atoms. The van der Waals surface area contributed by atoms with Crippen LogP contribution in [0.4, 0.5) is 0 Å². The maximum atomic E-state index is 14.3. The summed E-state index contributed by atoms with van der Waals surface area (Å²) in [4.78, 5) is 14.3. The van der Waals surface area contributed by atoms with Gasteiger partial charge in [0.25, 0.3) is 0 Å². The normalized spacial score (nSPS) is 59.2. The predicted octanol–water partition coefficient (Wildman–Crippen LogP) is 2.80. The molecule has 0 aromatic carbocycles. The Morgan fingerprint density at radius 3 is 2.45 bits per heavy atom. The minimum absolute atomic E-state index is 0.0448. The summed E-state index contributed by atoms with van der Waals surface area (Å²) < 4.78 is 25.1. The van der Waals surface area contributed by atoms with Gasteiger partial charge in [-0.1, -0.05) is 27.7 Å². The van der Waals surface area contributed by atoms with Crippen molar-refractivity contribution in [2.45, 2.75) is 134 Å². The van der Waals surface area contributed by atoms with Gasteiger partial charge in [-0.3, -0.25) is 4.79 Å². The highest BCUT2D eigenvalue weighted by Crippen LogP contribution is 2.70. The first-order valence-corrected chi connectivity index (χ1v) is 16.7. The molecular formula is C33H52O9. The van der Waals surface area contributed by atoms with Gasteiger partial charge in [0, 0.05) is 30.1 Å². The second-order valence-corrected chi connectivity index (χ2v) is 15.8. The summed E-state index contributed by atoms with van der Waals surface area (Å²) in [7, 11) is 0. The minimum Gasteiger partial charge on any atom is -0.394 e. The molecule has 0 radical (unpaired) electrons. The molecule has 0 bridgehead atoms. The van der Waals surface area contributed by atoms with Crippen molar-refractivity contribution in [1.29, 1.82) is 0 Å². The molecule has 9 nitrogen and oxygen atoms in total. The standard InChI is InChI=1S/C33H52O9/c1-16-7-10-33(39-15-16)17(2)26-23(42-33)12-22-20-6-5-18-11-19(40-30-29(38)28(37)27(36)24(14-34)41-30)8-9-31(18,3)21(20)13-25(35)32(22,26)4/h16-24,26-30,34,36-38H,5-15H2,1-4H3/t16-,17+,18+,19+,20-,21+,22+,23+,24?,26+,27+,28?,29?,30-,31+,32-,33-/m1/s1. The van der Waals surface area contributed by atoms with Crippen molar-refractivity contribution in [1.82, 2.24) is 0 Å². The van der Waals surface area contributed by atoms with Gasteiger partial charge in [0.1, 0.15) is 30.2 Å². The monoisotopic (exact) mass is 592 g/mol. The fourth-order valence-corrected chi connectivity index (χ4v) is 11.4. The van der Waals surface area contributed by atoms with Crippen LogP contribution in [0, 0.1) is 52.3 Å². The van der Waals surface area contributed by atoms with E-state index in [1.165, 1.54) is 0 Å². The average Bonchev–Trinajstić information content (AvgIpc) is 3.42. The van der Waals surface area contributed by atoms with Crippen LogP contribution in [0.25, 0.3) is 0 Å². The first kappa shape index (κ1) is 30.0. The second kappa shape index (κ2) is 10.4. The summed E-state index contributed by atoms with van der Waals surface area (Å²) in [6, 6.07) is 0. The number of carbonyl (C=O) groups excluding carboxylic acids is 1. The fraction of sp³-hybridized carbons (Fsp3) is 0.970. The van der Waals surface area contributed by atoms with E-state index in [4.69, 9.17) is 18.9 Å². The van der Waals surface area contributed by atoms with Crippen molar-refractivity contribution in [2.75, 3.05) is 13.2 Å². The Labute approximate surface area is 249 Å². The zero-order valence-electron chi connectivity index (χ0n) is 25.7. The summed E-state index contributed by atoms with van der Waals surface area (Å²) in [6.45, 7) is 9.46. The number of ether oxygens (including phenoxy) is 4. The summed E-state index contributed by atoms with van der Waals surface area (Å²) in [5.41, 5.74) is -0.309. The van der Waals surface area contributed by atoms with Crippen LogP contribution >= 0.6 is 0 Å². The third kappa shape index (κ3) is 4.20. The molecule has 9 heteroatoms. The zero-order valence-corrected chi connectivity index (χ0v) is 25.7. The van der Waals surface area contributed by atoms with Crippen LogP contribution in [0.15, 0.2) is 0 Å². The van der Waals surface area contributed by atoms with Crippen molar-refractivity contribution in [3.05, 3.63) is 0 Å². The highest BCUT2D eigenvalue weighted by molar-refractivity contribution is 5.87. The molecule has 238 valence electrons. The molecule has 17 atom stereocenters. The maximum absolute atomic E-state index is 14.3. The first-order chi connectivity index (χ1) is 19.9. The zero-order chi connectivity index (χ0) is 29.8. The first-order valence-electron chi connectivity index (χ1n) is 16.7. The molecule has 4 N–H and O–H groups in total. The lowest BCUT2D eigenvalue weighted by atomic mass is 9.44. The third-order valence-electron chi connectivity index (χ3n) is 13.9. The van der Waals surface area contributed by atoms with E-state index in [1.807, 2.05) is 0 Å². The third-order valence-corrected chi connectivity index (χ3v) is 13.9. The average molecular weight is 593 g/mol. The number of aliphatic hydroxyl groups excluding tert-OH is 4. The van der Waals surface area contributed by atoms with Crippen molar-refractivity contribution < 1.29 is 44.2 Å². The van der Waals surface area contributed by atoms with Crippen LogP contribution in [0.3, 0.4) is 0 Å². The smallest absolute Gasteiger partial charge is 0.186 e. The lowest BCUT2D eigenvalue weighted by molar-refractivity contribution is -0.316. The van der Waals surface area contributed by atoms with E-state index in [9.17, 15) is 25.2 Å². The van der Waals surface area contributed by atoms with Crippen LogP contribution in [-0.2, 0) is 23.7 Å². The molecule has 0 aromatic heterocycles. The summed E-state index contributed by atoms with van der Waals surface area (Å²) in [5, 5.41) is 40.4. The fourth-order valence-electron chi connectivity index (χ4n) is 11.4. The number of carbonyl (C=O) groups is 1. The molecule has 4 aliphatic carbocycles. The summed E-state index contributed by atoms with van der Waals surface area (Å²) >= 11 is 0. The van der Waals surface area contributed by atoms with Crippen LogP contribution in [-0.4, -0.2) is 88.1 Å². The molecule has 3 heterocycles. The topological polar surface area (TPSA) is 135 Å². The highest BCUT2D eigenvalue weighted by atomic mass is 16.7. The molecule has 7 fully saturated rings.